The highest BCUT2D eigenvalue weighted by atomic mass is 35.5. The average Bonchev–Trinajstić information content (AvgIpc) is 3.38. The lowest BCUT2D eigenvalue weighted by atomic mass is 9.78. The van der Waals surface area contributed by atoms with Crippen molar-refractivity contribution in [1.82, 2.24) is 15.0 Å². The van der Waals surface area contributed by atoms with Crippen molar-refractivity contribution in [3.63, 3.8) is 0 Å². The molecule has 7 heteroatoms. The second-order valence-corrected chi connectivity index (χ2v) is 6.78. The maximum Gasteiger partial charge on any atom is 0.134 e. The Labute approximate surface area is 161 Å². The molecule has 0 radical (unpaired) electrons. The van der Waals surface area contributed by atoms with Crippen LogP contribution in [0.4, 0.5) is 5.82 Å². The van der Waals surface area contributed by atoms with E-state index in [4.69, 9.17) is 15.7 Å². The number of anilines is 1. The molecule has 25 heavy (non-hydrogen) atoms. The minimum Gasteiger partial charge on any atom is -0.370 e. The molecule has 0 saturated heterocycles. The van der Waals surface area contributed by atoms with Crippen molar-refractivity contribution < 1.29 is 0 Å². The van der Waals surface area contributed by atoms with Gasteiger partial charge in [-0.1, -0.05) is 6.07 Å². The number of nitrogens with zero attached hydrogens (tertiary/aromatic N) is 3. The zero-order valence-corrected chi connectivity index (χ0v) is 15.7. The Hall–Kier alpha value is -1.43. The summed E-state index contributed by atoms with van der Waals surface area (Å²) in [6.45, 7) is 0.858. The molecule has 2 saturated carbocycles. The predicted molar refractivity (Wildman–Crippen MR) is 105 cm³/mol. The van der Waals surface area contributed by atoms with Crippen molar-refractivity contribution in [2.75, 3.05) is 11.9 Å². The summed E-state index contributed by atoms with van der Waals surface area (Å²) in [5.41, 5.74) is 8.35. The lowest BCUT2D eigenvalue weighted by molar-refractivity contribution is 0.344. The maximum absolute atomic E-state index is 5.93. The van der Waals surface area contributed by atoms with E-state index in [2.05, 4.69) is 22.4 Å². The Balaban J connectivity index is 0.00000113. The molecule has 0 aliphatic heterocycles. The minimum absolute atomic E-state index is 0. The fourth-order valence-corrected chi connectivity index (χ4v) is 3.09. The van der Waals surface area contributed by atoms with E-state index in [1.807, 2.05) is 12.3 Å². The molecule has 0 amide bonds. The van der Waals surface area contributed by atoms with Gasteiger partial charge in [-0.3, -0.25) is 4.98 Å². The van der Waals surface area contributed by atoms with Gasteiger partial charge < -0.3 is 11.1 Å². The predicted octanol–water partition coefficient (Wildman–Crippen LogP) is 3.45. The molecule has 2 aromatic rings. The van der Waals surface area contributed by atoms with Gasteiger partial charge >= 0.3 is 0 Å². The molecule has 2 aromatic heterocycles. The zero-order valence-electron chi connectivity index (χ0n) is 14.1. The summed E-state index contributed by atoms with van der Waals surface area (Å²) in [5, 5.41) is 3.46. The van der Waals surface area contributed by atoms with Gasteiger partial charge in [0.05, 0.1) is 0 Å². The molecule has 5 nitrogen and oxygen atoms in total. The highest BCUT2D eigenvalue weighted by Crippen LogP contribution is 2.41. The minimum atomic E-state index is 0. The summed E-state index contributed by atoms with van der Waals surface area (Å²) >= 11 is 0. The van der Waals surface area contributed by atoms with Crippen molar-refractivity contribution in [1.29, 1.82) is 0 Å². The number of hydrogen-bond acceptors (Lipinski definition) is 5. The summed E-state index contributed by atoms with van der Waals surface area (Å²) in [7, 11) is 0. The summed E-state index contributed by atoms with van der Waals surface area (Å²) in [6.07, 6.45) is 9.22. The maximum atomic E-state index is 5.93. The van der Waals surface area contributed by atoms with E-state index in [1.54, 1.807) is 6.20 Å². The van der Waals surface area contributed by atoms with Crippen LogP contribution in [0.5, 0.6) is 0 Å². The third kappa shape index (κ3) is 5.03. The number of halogens is 2. The largest absolute Gasteiger partial charge is 0.370 e. The number of pyridine rings is 1. The van der Waals surface area contributed by atoms with Gasteiger partial charge in [-0.05, 0) is 43.7 Å². The zero-order chi connectivity index (χ0) is 15.6. The number of nitrogens with two attached hydrogens (primary N) is 1. The molecule has 2 aliphatic carbocycles. The van der Waals surface area contributed by atoms with Gasteiger partial charge in [0.2, 0.25) is 0 Å². The Morgan fingerprint density at radius 1 is 1.12 bits per heavy atom. The Morgan fingerprint density at radius 3 is 2.56 bits per heavy atom. The summed E-state index contributed by atoms with van der Waals surface area (Å²) < 4.78 is 0. The summed E-state index contributed by atoms with van der Waals surface area (Å²) in [5.74, 6) is 3.07. The lowest BCUT2D eigenvalue weighted by Crippen LogP contribution is -2.35. The lowest BCUT2D eigenvalue weighted by Gasteiger charge is -2.32. The molecule has 0 spiro atoms. The SMILES string of the molecule is Cl.Cl.NC1CC(c2cc(NCCc3cccnc3)nc(C3CC3)n2)C1. The highest BCUT2D eigenvalue weighted by molar-refractivity contribution is 5.85. The van der Waals surface area contributed by atoms with Gasteiger partial charge in [-0.2, -0.15) is 0 Å². The molecular formula is C18H25Cl2N5. The molecule has 2 fully saturated rings. The first-order chi connectivity index (χ1) is 11.3. The smallest absolute Gasteiger partial charge is 0.134 e. The highest BCUT2D eigenvalue weighted by Gasteiger charge is 2.32. The standard InChI is InChI=1S/C18H23N5.2ClH/c19-15-8-14(9-15)16-10-17(23-18(22-16)13-3-4-13)21-7-5-12-2-1-6-20-11-12;;/h1-2,6,10-11,13-15H,3-5,7-9,19H2,(H,21,22,23);2*1H. The molecule has 2 heterocycles. The van der Waals surface area contributed by atoms with E-state index < -0.39 is 0 Å². The second kappa shape index (κ2) is 8.79. The van der Waals surface area contributed by atoms with Crippen LogP contribution in [-0.2, 0) is 6.42 Å². The fraction of sp³-hybridized carbons (Fsp3) is 0.500. The molecule has 4 rings (SSSR count). The first-order valence-electron chi connectivity index (χ1n) is 8.55. The Bertz CT molecular complexity index is 672. The Kier molecular flexibility index (Phi) is 6.99. The van der Waals surface area contributed by atoms with Crippen LogP contribution >= 0.6 is 24.8 Å². The van der Waals surface area contributed by atoms with E-state index in [0.29, 0.717) is 17.9 Å². The molecule has 136 valence electrons. The molecule has 0 bridgehead atoms. The van der Waals surface area contributed by atoms with E-state index >= 15 is 0 Å². The monoisotopic (exact) mass is 381 g/mol. The van der Waals surface area contributed by atoms with Gasteiger partial charge in [-0.25, -0.2) is 9.97 Å². The van der Waals surface area contributed by atoms with Crippen molar-refractivity contribution >= 4 is 30.6 Å². The molecule has 2 aliphatic rings. The first kappa shape index (κ1) is 19.9. The van der Waals surface area contributed by atoms with Crippen LogP contribution in [0.3, 0.4) is 0 Å². The topological polar surface area (TPSA) is 76.7 Å². The molecule has 0 aromatic carbocycles. The first-order valence-corrected chi connectivity index (χ1v) is 8.55. The van der Waals surface area contributed by atoms with Crippen molar-refractivity contribution in [3.05, 3.63) is 47.7 Å². The van der Waals surface area contributed by atoms with Gasteiger partial charge in [0.25, 0.3) is 0 Å². The van der Waals surface area contributed by atoms with Crippen LogP contribution in [0.25, 0.3) is 0 Å². The van der Waals surface area contributed by atoms with Gasteiger partial charge in [0.15, 0.2) is 0 Å². The normalized spacial score (nSPS) is 21.5. The number of hydrogen-bond donors (Lipinski definition) is 2. The van der Waals surface area contributed by atoms with E-state index in [-0.39, 0.29) is 24.8 Å². The average molecular weight is 382 g/mol. The Morgan fingerprint density at radius 2 is 1.92 bits per heavy atom. The van der Waals surface area contributed by atoms with Gasteiger partial charge in [0.1, 0.15) is 11.6 Å². The van der Waals surface area contributed by atoms with Gasteiger partial charge in [0, 0.05) is 48.6 Å². The second-order valence-electron chi connectivity index (χ2n) is 6.78. The van der Waals surface area contributed by atoms with Crippen LogP contribution in [0.1, 0.15) is 54.6 Å². The number of aromatic nitrogens is 3. The quantitative estimate of drug-likeness (QED) is 0.800. The van der Waals surface area contributed by atoms with Crippen molar-refractivity contribution in [3.8, 4) is 0 Å². The molecule has 0 atom stereocenters. The van der Waals surface area contributed by atoms with E-state index in [0.717, 1.165) is 37.4 Å². The molecule has 3 N–H and O–H groups in total. The third-order valence-corrected chi connectivity index (χ3v) is 4.74. The van der Waals surface area contributed by atoms with Crippen LogP contribution in [0.15, 0.2) is 30.6 Å². The summed E-state index contributed by atoms with van der Waals surface area (Å²) in [4.78, 5) is 13.7. The third-order valence-electron chi connectivity index (χ3n) is 4.74. The summed E-state index contributed by atoms with van der Waals surface area (Å²) in [6, 6.07) is 6.54. The fourth-order valence-electron chi connectivity index (χ4n) is 3.09. The van der Waals surface area contributed by atoms with Gasteiger partial charge in [-0.15, -0.1) is 24.8 Å². The molecular weight excluding hydrogens is 357 g/mol. The van der Waals surface area contributed by atoms with Crippen molar-refractivity contribution in [2.24, 2.45) is 5.73 Å². The van der Waals surface area contributed by atoms with E-state index in [9.17, 15) is 0 Å². The van der Waals surface area contributed by atoms with Crippen molar-refractivity contribution in [2.45, 2.75) is 50.0 Å². The molecule has 0 unspecified atom stereocenters. The van der Waals surface area contributed by atoms with E-state index in [1.165, 1.54) is 24.1 Å². The van der Waals surface area contributed by atoms with Crippen LogP contribution in [0, 0.1) is 0 Å². The van der Waals surface area contributed by atoms with Crippen LogP contribution < -0.4 is 11.1 Å². The van der Waals surface area contributed by atoms with Crippen LogP contribution in [-0.4, -0.2) is 27.5 Å². The number of nitrogens with one attached hydrogen (secondary N) is 1. The number of rotatable bonds is 6. The van der Waals surface area contributed by atoms with Crippen LogP contribution in [0.2, 0.25) is 0 Å².